The van der Waals surface area contributed by atoms with Gasteiger partial charge in [0, 0.05) is 6.04 Å². The summed E-state index contributed by atoms with van der Waals surface area (Å²) in [5, 5.41) is 2.85. The van der Waals surface area contributed by atoms with Gasteiger partial charge in [-0.05, 0) is 19.3 Å². The molecule has 1 saturated heterocycles. The molecule has 3 N–H and O–H groups in total. The Labute approximate surface area is 61.0 Å². The first-order valence-corrected chi connectivity index (χ1v) is 3.80. The molecule has 0 aliphatic carbocycles. The van der Waals surface area contributed by atoms with Crippen LogP contribution in [0.5, 0.6) is 0 Å². The van der Waals surface area contributed by atoms with Crippen LogP contribution in [0.4, 0.5) is 0 Å². The van der Waals surface area contributed by atoms with Crippen molar-refractivity contribution in [3.63, 3.8) is 0 Å². The molecule has 1 heterocycles. The molecule has 1 amide bonds. The summed E-state index contributed by atoms with van der Waals surface area (Å²) in [5.74, 6) is 0.0121. The van der Waals surface area contributed by atoms with Gasteiger partial charge in [-0.25, -0.2) is 0 Å². The van der Waals surface area contributed by atoms with Gasteiger partial charge in [-0.2, -0.15) is 0 Å². The molecule has 0 spiro atoms. The van der Waals surface area contributed by atoms with Crippen LogP contribution in [-0.2, 0) is 4.79 Å². The average molecular weight is 142 g/mol. The molecule has 0 bridgehead atoms. The Bertz CT molecular complexity index is 136. The topological polar surface area (TPSA) is 55.1 Å². The van der Waals surface area contributed by atoms with Crippen molar-refractivity contribution < 1.29 is 4.79 Å². The highest BCUT2D eigenvalue weighted by molar-refractivity contribution is 5.82. The largest absolute Gasteiger partial charge is 0.352 e. The summed E-state index contributed by atoms with van der Waals surface area (Å²) in [6.45, 7) is 2.07. The van der Waals surface area contributed by atoms with Gasteiger partial charge in [-0.1, -0.05) is 6.92 Å². The Balaban J connectivity index is 2.41. The summed E-state index contributed by atoms with van der Waals surface area (Å²) >= 11 is 0. The lowest BCUT2D eigenvalue weighted by molar-refractivity contribution is -0.124. The van der Waals surface area contributed by atoms with Crippen molar-refractivity contribution >= 4 is 5.91 Å². The minimum atomic E-state index is -0.261. The summed E-state index contributed by atoms with van der Waals surface area (Å²) in [6.07, 6.45) is 2.88. The quantitative estimate of drug-likeness (QED) is 0.541. The molecule has 0 aromatic heterocycles. The Morgan fingerprint density at radius 3 is 2.90 bits per heavy atom. The zero-order valence-corrected chi connectivity index (χ0v) is 6.26. The molecule has 0 radical (unpaired) electrons. The van der Waals surface area contributed by atoms with Crippen molar-refractivity contribution in [3.05, 3.63) is 0 Å². The number of amides is 1. The van der Waals surface area contributed by atoms with E-state index in [9.17, 15) is 4.79 Å². The molecule has 58 valence electrons. The minimum Gasteiger partial charge on any atom is -0.352 e. The van der Waals surface area contributed by atoms with Crippen molar-refractivity contribution in [1.82, 2.24) is 5.32 Å². The molecule has 1 rings (SSSR count). The molecule has 3 nitrogen and oxygen atoms in total. The number of nitrogens with two attached hydrogens (primary N) is 1. The third kappa shape index (κ3) is 1.48. The highest BCUT2D eigenvalue weighted by Gasteiger charge is 2.22. The normalized spacial score (nSPS) is 33.6. The highest BCUT2D eigenvalue weighted by atomic mass is 16.2. The maximum atomic E-state index is 10.9. The van der Waals surface area contributed by atoms with E-state index in [1.54, 1.807) is 0 Å². The van der Waals surface area contributed by atoms with Gasteiger partial charge in [0.15, 0.2) is 0 Å². The Hall–Kier alpha value is -0.570. The van der Waals surface area contributed by atoms with Crippen molar-refractivity contribution in [2.24, 2.45) is 5.73 Å². The van der Waals surface area contributed by atoms with E-state index in [1.165, 1.54) is 0 Å². The predicted octanol–water partition coefficient (Wildman–Crippen LogP) is 0.00230. The summed E-state index contributed by atoms with van der Waals surface area (Å²) < 4.78 is 0. The van der Waals surface area contributed by atoms with Gasteiger partial charge < -0.3 is 11.1 Å². The Morgan fingerprint density at radius 1 is 1.70 bits per heavy atom. The van der Waals surface area contributed by atoms with Crippen molar-refractivity contribution in [1.29, 1.82) is 0 Å². The van der Waals surface area contributed by atoms with Crippen LogP contribution in [0.3, 0.4) is 0 Å². The SMILES string of the molecule is CCC1CCC(N)C(=O)N1. The number of carbonyl (C=O) groups excluding carboxylic acids is 1. The van der Waals surface area contributed by atoms with E-state index in [1.807, 2.05) is 0 Å². The number of hydrogen-bond donors (Lipinski definition) is 2. The van der Waals surface area contributed by atoms with E-state index in [-0.39, 0.29) is 11.9 Å². The summed E-state index contributed by atoms with van der Waals surface area (Å²) in [6, 6.07) is 0.107. The average Bonchev–Trinajstić information content (AvgIpc) is 1.95. The van der Waals surface area contributed by atoms with Crippen molar-refractivity contribution in [2.45, 2.75) is 38.3 Å². The van der Waals surface area contributed by atoms with Gasteiger partial charge in [-0.3, -0.25) is 4.79 Å². The predicted molar refractivity (Wildman–Crippen MR) is 39.4 cm³/mol. The first kappa shape index (κ1) is 7.54. The number of hydrogen-bond acceptors (Lipinski definition) is 2. The van der Waals surface area contributed by atoms with Crippen LogP contribution >= 0.6 is 0 Å². The van der Waals surface area contributed by atoms with Crippen LogP contribution < -0.4 is 11.1 Å². The molecule has 0 aromatic rings. The van der Waals surface area contributed by atoms with E-state index in [0.29, 0.717) is 6.04 Å². The lowest BCUT2D eigenvalue weighted by atomic mass is 9.99. The van der Waals surface area contributed by atoms with Gasteiger partial charge in [0.2, 0.25) is 5.91 Å². The maximum Gasteiger partial charge on any atom is 0.237 e. The number of rotatable bonds is 1. The van der Waals surface area contributed by atoms with E-state index in [0.717, 1.165) is 19.3 Å². The first-order chi connectivity index (χ1) is 4.74. The summed E-state index contributed by atoms with van der Waals surface area (Å²) in [5.41, 5.74) is 5.48. The number of piperidine rings is 1. The zero-order chi connectivity index (χ0) is 7.56. The van der Waals surface area contributed by atoms with Gasteiger partial charge in [0.25, 0.3) is 0 Å². The van der Waals surface area contributed by atoms with Crippen LogP contribution in [0.2, 0.25) is 0 Å². The number of carbonyl (C=O) groups is 1. The molecule has 3 heteroatoms. The first-order valence-electron chi connectivity index (χ1n) is 3.80. The third-order valence-electron chi connectivity index (χ3n) is 2.00. The smallest absolute Gasteiger partial charge is 0.237 e. The van der Waals surface area contributed by atoms with Crippen molar-refractivity contribution in [2.75, 3.05) is 0 Å². The van der Waals surface area contributed by atoms with Crippen molar-refractivity contribution in [3.8, 4) is 0 Å². The Morgan fingerprint density at radius 2 is 2.40 bits per heavy atom. The second-order valence-corrected chi connectivity index (χ2v) is 2.80. The van der Waals surface area contributed by atoms with Gasteiger partial charge in [0.05, 0.1) is 6.04 Å². The van der Waals surface area contributed by atoms with Crippen LogP contribution in [0.25, 0.3) is 0 Å². The zero-order valence-electron chi connectivity index (χ0n) is 6.26. The summed E-state index contributed by atoms with van der Waals surface area (Å²) in [4.78, 5) is 10.9. The molecule has 1 fully saturated rings. The molecular weight excluding hydrogens is 128 g/mol. The third-order valence-corrected chi connectivity index (χ3v) is 2.00. The molecule has 2 atom stereocenters. The monoisotopic (exact) mass is 142 g/mol. The fourth-order valence-electron chi connectivity index (χ4n) is 1.20. The molecule has 1 aliphatic rings. The second kappa shape index (κ2) is 3.01. The lowest BCUT2D eigenvalue weighted by Crippen LogP contribution is -2.50. The molecule has 0 saturated carbocycles. The molecule has 0 aromatic carbocycles. The van der Waals surface area contributed by atoms with Crippen LogP contribution in [0, 0.1) is 0 Å². The van der Waals surface area contributed by atoms with Crippen LogP contribution in [0.1, 0.15) is 26.2 Å². The lowest BCUT2D eigenvalue weighted by Gasteiger charge is -2.25. The molecule has 1 aliphatic heterocycles. The molecular formula is C7H14N2O. The fourth-order valence-corrected chi connectivity index (χ4v) is 1.20. The van der Waals surface area contributed by atoms with Crippen LogP contribution in [0.15, 0.2) is 0 Å². The van der Waals surface area contributed by atoms with Gasteiger partial charge in [0.1, 0.15) is 0 Å². The van der Waals surface area contributed by atoms with Crippen LogP contribution in [-0.4, -0.2) is 18.0 Å². The minimum absolute atomic E-state index is 0.0121. The van der Waals surface area contributed by atoms with Gasteiger partial charge in [-0.15, -0.1) is 0 Å². The van der Waals surface area contributed by atoms with Gasteiger partial charge >= 0.3 is 0 Å². The Kier molecular flexibility index (Phi) is 2.27. The van der Waals surface area contributed by atoms with E-state index < -0.39 is 0 Å². The summed E-state index contributed by atoms with van der Waals surface area (Å²) in [7, 11) is 0. The molecule has 2 unspecified atom stereocenters. The van der Waals surface area contributed by atoms with E-state index >= 15 is 0 Å². The second-order valence-electron chi connectivity index (χ2n) is 2.80. The highest BCUT2D eigenvalue weighted by Crippen LogP contribution is 2.09. The van der Waals surface area contributed by atoms with E-state index in [4.69, 9.17) is 5.73 Å². The fraction of sp³-hybridized carbons (Fsp3) is 0.857. The number of nitrogens with one attached hydrogen (secondary N) is 1. The standard InChI is InChI=1S/C7H14N2O/c1-2-5-3-4-6(8)7(10)9-5/h5-6H,2-4,8H2,1H3,(H,9,10). The van der Waals surface area contributed by atoms with E-state index in [2.05, 4.69) is 12.2 Å². The molecule has 10 heavy (non-hydrogen) atoms. The maximum absolute atomic E-state index is 10.9.